The molecule has 5 aromatic rings. The number of rotatable bonds is 5. The Hall–Kier alpha value is -4.19. The van der Waals surface area contributed by atoms with Crippen molar-refractivity contribution in [1.82, 2.24) is 39.3 Å². The van der Waals surface area contributed by atoms with Crippen molar-refractivity contribution < 1.29 is 18.6 Å². The highest BCUT2D eigenvalue weighted by molar-refractivity contribution is 5.73. The fourth-order valence-corrected chi connectivity index (χ4v) is 3.25. The number of nitrogens with zero attached hydrogens (tertiary/aromatic N) is 7. The monoisotopic (exact) mass is 424 g/mol. The Labute approximate surface area is 172 Å². The minimum absolute atomic E-state index is 0.0431. The first kappa shape index (κ1) is 18.8. The first-order valence-corrected chi connectivity index (χ1v) is 9.03. The zero-order valence-electron chi connectivity index (χ0n) is 16.0. The molecule has 0 aromatic carbocycles. The van der Waals surface area contributed by atoms with Crippen LogP contribution in [-0.2, 0) is 6.61 Å². The van der Waals surface area contributed by atoms with E-state index in [9.17, 15) is 13.9 Å². The number of aliphatic hydroxyl groups is 1. The lowest BCUT2D eigenvalue weighted by Crippen LogP contribution is -2.06. The van der Waals surface area contributed by atoms with Crippen molar-refractivity contribution >= 4 is 5.65 Å². The molecule has 12 heteroatoms. The number of hydrogen-bond donors (Lipinski definition) is 2. The van der Waals surface area contributed by atoms with E-state index in [4.69, 9.17) is 4.74 Å². The predicted molar refractivity (Wildman–Crippen MR) is 103 cm³/mol. The molecular formula is C19H14F2N8O2. The molecule has 10 nitrogen and oxygen atoms in total. The van der Waals surface area contributed by atoms with Gasteiger partial charge < -0.3 is 9.84 Å². The van der Waals surface area contributed by atoms with Crippen molar-refractivity contribution in [3.05, 3.63) is 60.4 Å². The van der Waals surface area contributed by atoms with E-state index >= 15 is 0 Å². The first-order chi connectivity index (χ1) is 15.1. The average Bonchev–Trinajstić information content (AvgIpc) is 3.51. The van der Waals surface area contributed by atoms with E-state index in [2.05, 4.69) is 30.2 Å². The van der Waals surface area contributed by atoms with Gasteiger partial charge in [-0.05, 0) is 18.2 Å². The van der Waals surface area contributed by atoms with Gasteiger partial charge >= 0.3 is 0 Å². The molecule has 0 saturated carbocycles. The molecule has 0 bridgehead atoms. The van der Waals surface area contributed by atoms with E-state index in [1.165, 1.54) is 34.7 Å². The number of fused-ring (bicyclic) bond motifs is 1. The molecule has 0 spiro atoms. The molecule has 0 aliphatic rings. The number of methoxy groups -OCH3 is 1. The molecule has 0 amide bonds. The van der Waals surface area contributed by atoms with Gasteiger partial charge in [-0.1, -0.05) is 0 Å². The second-order valence-electron chi connectivity index (χ2n) is 6.48. The molecule has 5 heterocycles. The van der Waals surface area contributed by atoms with Crippen LogP contribution in [0.2, 0.25) is 0 Å². The van der Waals surface area contributed by atoms with Gasteiger partial charge in [-0.3, -0.25) is 9.67 Å². The summed E-state index contributed by atoms with van der Waals surface area (Å²) < 4.78 is 36.8. The Kier molecular flexibility index (Phi) is 4.40. The maximum Gasteiger partial charge on any atom is 0.222 e. The van der Waals surface area contributed by atoms with Gasteiger partial charge in [0.2, 0.25) is 5.88 Å². The fourth-order valence-electron chi connectivity index (χ4n) is 3.25. The van der Waals surface area contributed by atoms with Gasteiger partial charge in [0.25, 0.3) is 0 Å². The number of aromatic nitrogens is 8. The number of ether oxygens (including phenoxy) is 1. The Balaban J connectivity index is 1.69. The smallest absolute Gasteiger partial charge is 0.222 e. The van der Waals surface area contributed by atoms with Crippen molar-refractivity contribution in [3.63, 3.8) is 0 Å². The van der Waals surface area contributed by atoms with Gasteiger partial charge in [0.15, 0.2) is 28.9 Å². The summed E-state index contributed by atoms with van der Waals surface area (Å²) in [6, 6.07) is 4.60. The summed E-state index contributed by atoms with van der Waals surface area (Å²) in [7, 11) is 1.41. The number of aromatic amines is 1. The van der Waals surface area contributed by atoms with E-state index in [1.807, 2.05) is 0 Å². The third-order valence-electron chi connectivity index (χ3n) is 4.62. The van der Waals surface area contributed by atoms with Crippen LogP contribution in [0.25, 0.3) is 34.1 Å². The van der Waals surface area contributed by atoms with Crippen LogP contribution in [0.15, 0.2) is 43.0 Å². The van der Waals surface area contributed by atoms with Gasteiger partial charge in [0.1, 0.15) is 12.4 Å². The van der Waals surface area contributed by atoms with Crippen LogP contribution in [0.1, 0.15) is 5.82 Å². The lowest BCUT2D eigenvalue weighted by Gasteiger charge is -2.12. The Morgan fingerprint density at radius 3 is 2.84 bits per heavy atom. The van der Waals surface area contributed by atoms with Crippen molar-refractivity contribution in [3.8, 4) is 34.3 Å². The summed E-state index contributed by atoms with van der Waals surface area (Å²) in [5, 5.41) is 19.9. The lowest BCUT2D eigenvalue weighted by molar-refractivity contribution is 0.272. The fraction of sp³-hybridized carbons (Fsp3) is 0.105. The number of aliphatic hydroxyl groups excluding tert-OH is 1. The van der Waals surface area contributed by atoms with E-state index < -0.39 is 11.6 Å². The highest BCUT2D eigenvalue weighted by Gasteiger charge is 2.20. The largest absolute Gasteiger partial charge is 0.481 e. The van der Waals surface area contributed by atoms with Crippen molar-refractivity contribution in [1.29, 1.82) is 0 Å². The molecule has 0 saturated heterocycles. The standard InChI is InChI=1S/C19H14F2N8O2/c1-31-19-11(5-10(20)6-22-19)14-3-2-4-28(14)18-13(21)8-29-17(25-18)12(7-23-29)16-24-15(9-30)26-27-16/h2-8,30H,9H2,1H3,(H,24,26,27). The number of pyridine rings is 1. The van der Waals surface area contributed by atoms with Gasteiger partial charge in [-0.25, -0.2) is 28.2 Å². The zero-order valence-corrected chi connectivity index (χ0v) is 16.0. The molecule has 31 heavy (non-hydrogen) atoms. The second-order valence-corrected chi connectivity index (χ2v) is 6.48. The molecular weight excluding hydrogens is 410 g/mol. The molecule has 0 atom stereocenters. The van der Waals surface area contributed by atoms with Crippen LogP contribution in [-0.4, -0.2) is 51.5 Å². The summed E-state index contributed by atoms with van der Waals surface area (Å²) in [6.45, 7) is -0.310. The van der Waals surface area contributed by atoms with Crippen LogP contribution in [0.4, 0.5) is 8.78 Å². The highest BCUT2D eigenvalue weighted by Crippen LogP contribution is 2.32. The average molecular weight is 424 g/mol. The topological polar surface area (TPSA) is 119 Å². The number of nitrogens with one attached hydrogen (secondary N) is 1. The SMILES string of the molecule is COc1ncc(F)cc1-c1cccn1-c1nc2c(-c3n[nH]c(CO)n3)cnn2cc1F. The number of H-pyrrole nitrogens is 1. The van der Waals surface area contributed by atoms with Gasteiger partial charge in [0.05, 0.1) is 42.5 Å². The Morgan fingerprint density at radius 2 is 2.06 bits per heavy atom. The molecule has 0 fully saturated rings. The Bertz CT molecular complexity index is 1410. The van der Waals surface area contributed by atoms with Gasteiger partial charge in [-0.15, -0.1) is 0 Å². The van der Waals surface area contributed by atoms with Crippen molar-refractivity contribution in [2.45, 2.75) is 6.61 Å². The second kappa shape index (κ2) is 7.25. The van der Waals surface area contributed by atoms with E-state index in [1.54, 1.807) is 18.3 Å². The molecule has 0 radical (unpaired) electrons. The van der Waals surface area contributed by atoms with E-state index in [0.717, 1.165) is 6.20 Å². The Morgan fingerprint density at radius 1 is 1.19 bits per heavy atom. The maximum absolute atomic E-state index is 15.0. The predicted octanol–water partition coefficient (Wildman–Crippen LogP) is 2.15. The highest BCUT2D eigenvalue weighted by atomic mass is 19.1. The normalized spacial score (nSPS) is 11.4. The summed E-state index contributed by atoms with van der Waals surface area (Å²) in [5.41, 5.74) is 1.50. The summed E-state index contributed by atoms with van der Waals surface area (Å²) >= 11 is 0. The molecule has 0 aliphatic carbocycles. The third-order valence-corrected chi connectivity index (χ3v) is 4.62. The van der Waals surface area contributed by atoms with Crippen molar-refractivity contribution in [2.24, 2.45) is 0 Å². The summed E-state index contributed by atoms with van der Waals surface area (Å²) in [5.74, 6) is -0.546. The molecule has 5 aromatic heterocycles. The van der Waals surface area contributed by atoms with Gasteiger partial charge in [0, 0.05) is 6.20 Å². The molecule has 0 aliphatic heterocycles. The number of hydrogen-bond acceptors (Lipinski definition) is 7. The van der Waals surface area contributed by atoms with Crippen LogP contribution in [0.3, 0.4) is 0 Å². The van der Waals surface area contributed by atoms with E-state index in [-0.39, 0.29) is 30.0 Å². The quantitative estimate of drug-likeness (QED) is 0.444. The third kappa shape index (κ3) is 3.09. The van der Waals surface area contributed by atoms with Gasteiger partial charge in [-0.2, -0.15) is 10.2 Å². The maximum atomic E-state index is 15.0. The van der Waals surface area contributed by atoms with E-state index in [0.29, 0.717) is 22.5 Å². The summed E-state index contributed by atoms with van der Waals surface area (Å²) in [4.78, 5) is 12.5. The van der Waals surface area contributed by atoms with Crippen LogP contribution >= 0.6 is 0 Å². The lowest BCUT2D eigenvalue weighted by atomic mass is 10.2. The van der Waals surface area contributed by atoms with Crippen LogP contribution < -0.4 is 4.74 Å². The summed E-state index contributed by atoms with van der Waals surface area (Å²) in [6.07, 6.45) is 5.25. The molecule has 2 N–H and O–H groups in total. The number of halogens is 2. The van der Waals surface area contributed by atoms with Crippen LogP contribution in [0, 0.1) is 11.6 Å². The van der Waals surface area contributed by atoms with Crippen molar-refractivity contribution in [2.75, 3.05) is 7.11 Å². The minimum Gasteiger partial charge on any atom is -0.481 e. The molecule has 0 unspecified atom stereocenters. The minimum atomic E-state index is -0.658. The molecule has 156 valence electrons. The van der Waals surface area contributed by atoms with Crippen LogP contribution in [0.5, 0.6) is 5.88 Å². The zero-order chi connectivity index (χ0) is 21.5. The molecule has 5 rings (SSSR count). The first-order valence-electron chi connectivity index (χ1n) is 9.03.